The number of amides is 1. The van der Waals surface area contributed by atoms with Gasteiger partial charge in [-0.2, -0.15) is 0 Å². The van der Waals surface area contributed by atoms with Gasteiger partial charge in [0, 0.05) is 18.9 Å². The fourth-order valence-electron chi connectivity index (χ4n) is 2.36. The van der Waals surface area contributed by atoms with Crippen molar-refractivity contribution in [2.24, 2.45) is 5.92 Å². The number of carbonyl (C=O) groups is 1. The Bertz CT molecular complexity index is 419. The van der Waals surface area contributed by atoms with Crippen LogP contribution in [-0.4, -0.2) is 24.7 Å². The maximum Gasteiger partial charge on any atom is 0.221 e. The highest BCUT2D eigenvalue weighted by Gasteiger charge is 2.56. The maximum absolute atomic E-state index is 12.3. The lowest BCUT2D eigenvalue weighted by atomic mass is 9.86. The van der Waals surface area contributed by atoms with Gasteiger partial charge in [0.2, 0.25) is 5.91 Å². The van der Waals surface area contributed by atoms with Crippen molar-refractivity contribution in [1.29, 1.82) is 0 Å². The molecule has 3 heteroatoms. The van der Waals surface area contributed by atoms with E-state index in [1.807, 2.05) is 0 Å². The Kier molecular flexibility index (Phi) is 3.98. The van der Waals surface area contributed by atoms with Gasteiger partial charge in [-0.15, -0.1) is 24.7 Å². The number of carbonyl (C=O) groups excluding carboxylic acids is 1. The normalized spacial score (nSPS) is 24.2. The smallest absolute Gasteiger partial charge is 0.221 e. The van der Waals surface area contributed by atoms with Crippen molar-refractivity contribution < 1.29 is 4.79 Å². The zero-order valence-electron chi connectivity index (χ0n) is 12.1. The zero-order valence-corrected chi connectivity index (χ0v) is 13.1. The number of hydrogen-bond acceptors (Lipinski definition) is 1. The summed E-state index contributed by atoms with van der Waals surface area (Å²) < 4.78 is 2.08. The van der Waals surface area contributed by atoms with Crippen LogP contribution in [0.15, 0.2) is 0 Å². The maximum atomic E-state index is 12.3. The lowest BCUT2D eigenvalue weighted by Gasteiger charge is -2.58. The zero-order chi connectivity index (χ0) is 14.1. The van der Waals surface area contributed by atoms with Gasteiger partial charge in [0.15, 0.2) is 8.24 Å². The van der Waals surface area contributed by atoms with E-state index in [1.165, 1.54) is 0 Å². The minimum atomic E-state index is -1.84. The summed E-state index contributed by atoms with van der Waals surface area (Å²) in [5.74, 6) is 5.44. The van der Waals surface area contributed by atoms with E-state index in [0.717, 1.165) is 0 Å². The SMILES string of the molecule is C#CC[C@@H]1C(=O)N([Si](C)(C)C(C)(C)C)[C@H]1CC#C. The van der Waals surface area contributed by atoms with E-state index in [9.17, 15) is 4.79 Å². The predicted octanol–water partition coefficient (Wildman–Crippen LogP) is 2.87. The van der Waals surface area contributed by atoms with Crippen molar-refractivity contribution in [2.75, 3.05) is 0 Å². The molecule has 1 fully saturated rings. The van der Waals surface area contributed by atoms with Gasteiger partial charge in [-0.05, 0) is 5.04 Å². The highest BCUT2D eigenvalue weighted by molar-refractivity contribution is 6.80. The van der Waals surface area contributed by atoms with Gasteiger partial charge in [0.1, 0.15) is 0 Å². The molecule has 1 aliphatic heterocycles. The number of β-lactam (4-membered cyclic amide) rings is 1. The van der Waals surface area contributed by atoms with Crippen molar-refractivity contribution in [1.82, 2.24) is 4.57 Å². The number of rotatable bonds is 3. The second kappa shape index (κ2) is 4.82. The standard InChI is InChI=1S/C15H23NOSi/c1-8-10-12-13(11-9-2)16(14(12)17)18(6,7)15(3,4)5/h1-2,12-13H,10-11H2,3-7H3/t12-,13-/m0/s1. The van der Waals surface area contributed by atoms with Crippen LogP contribution in [0.2, 0.25) is 18.1 Å². The van der Waals surface area contributed by atoms with Gasteiger partial charge < -0.3 is 4.57 Å². The van der Waals surface area contributed by atoms with Crippen LogP contribution < -0.4 is 0 Å². The van der Waals surface area contributed by atoms with Crippen LogP contribution in [0.5, 0.6) is 0 Å². The van der Waals surface area contributed by atoms with Gasteiger partial charge in [-0.25, -0.2) is 0 Å². The number of hydrogen-bond donors (Lipinski definition) is 0. The topological polar surface area (TPSA) is 20.3 Å². The minimum absolute atomic E-state index is 0.0554. The fourth-order valence-corrected chi connectivity index (χ4v) is 4.90. The highest BCUT2D eigenvalue weighted by Crippen LogP contribution is 2.46. The van der Waals surface area contributed by atoms with Crippen LogP contribution in [0.3, 0.4) is 0 Å². The summed E-state index contributed by atoms with van der Waals surface area (Å²) in [7, 11) is -1.84. The van der Waals surface area contributed by atoms with Gasteiger partial charge in [-0.1, -0.05) is 33.9 Å². The molecule has 1 rings (SSSR count). The summed E-state index contributed by atoms with van der Waals surface area (Å²) in [5, 5.41) is 0.136. The Labute approximate surface area is 112 Å². The number of nitrogens with zero attached hydrogens (tertiary/aromatic N) is 1. The van der Waals surface area contributed by atoms with Gasteiger partial charge in [0.05, 0.1) is 5.92 Å². The van der Waals surface area contributed by atoms with Crippen molar-refractivity contribution >= 4 is 14.1 Å². The molecule has 0 aromatic rings. The third-order valence-electron chi connectivity index (χ3n) is 4.45. The first-order chi connectivity index (χ1) is 8.18. The first-order valence-electron chi connectivity index (χ1n) is 6.38. The van der Waals surface area contributed by atoms with E-state index in [4.69, 9.17) is 12.8 Å². The molecular formula is C15H23NOSi. The van der Waals surface area contributed by atoms with Crippen molar-refractivity contribution in [3.63, 3.8) is 0 Å². The van der Waals surface area contributed by atoms with Crippen LogP contribution in [0.1, 0.15) is 33.6 Å². The molecule has 0 N–H and O–H groups in total. The monoisotopic (exact) mass is 261 g/mol. The molecule has 1 heterocycles. The van der Waals surface area contributed by atoms with E-state index in [0.29, 0.717) is 12.8 Å². The molecule has 0 spiro atoms. The van der Waals surface area contributed by atoms with Crippen LogP contribution in [0.25, 0.3) is 0 Å². The molecule has 0 aromatic carbocycles. The molecule has 98 valence electrons. The Morgan fingerprint density at radius 1 is 1.22 bits per heavy atom. The fraction of sp³-hybridized carbons (Fsp3) is 0.667. The molecule has 0 bridgehead atoms. The summed E-state index contributed by atoms with van der Waals surface area (Å²) in [6, 6.07) is 0.152. The van der Waals surface area contributed by atoms with E-state index in [1.54, 1.807) is 0 Å². The van der Waals surface area contributed by atoms with Crippen molar-refractivity contribution in [3.05, 3.63) is 0 Å². The second-order valence-electron chi connectivity index (χ2n) is 6.51. The molecule has 0 aromatic heterocycles. The van der Waals surface area contributed by atoms with Crippen LogP contribution in [0, 0.1) is 30.6 Å². The molecule has 1 saturated heterocycles. The molecule has 0 unspecified atom stereocenters. The molecule has 1 amide bonds. The average Bonchev–Trinajstić information content (AvgIpc) is 2.23. The second-order valence-corrected chi connectivity index (χ2v) is 11.6. The molecule has 2 atom stereocenters. The van der Waals surface area contributed by atoms with E-state index in [-0.39, 0.29) is 22.9 Å². The molecule has 1 aliphatic rings. The van der Waals surface area contributed by atoms with Crippen LogP contribution in [0.4, 0.5) is 0 Å². The van der Waals surface area contributed by atoms with E-state index < -0.39 is 8.24 Å². The first kappa shape index (κ1) is 14.9. The van der Waals surface area contributed by atoms with Crippen molar-refractivity contribution in [3.8, 4) is 24.7 Å². The number of terminal acetylenes is 2. The predicted molar refractivity (Wildman–Crippen MR) is 78.2 cm³/mol. The Morgan fingerprint density at radius 2 is 1.72 bits per heavy atom. The summed E-state index contributed by atoms with van der Waals surface area (Å²) in [5.41, 5.74) is 0. The highest BCUT2D eigenvalue weighted by atomic mass is 28.3. The van der Waals surface area contributed by atoms with Crippen molar-refractivity contribution in [2.45, 2.75) is 57.8 Å². The van der Waals surface area contributed by atoms with Gasteiger partial charge >= 0.3 is 0 Å². The van der Waals surface area contributed by atoms with Gasteiger partial charge in [-0.3, -0.25) is 4.79 Å². The quantitative estimate of drug-likeness (QED) is 0.434. The summed E-state index contributed by atoms with van der Waals surface area (Å²) in [6.07, 6.45) is 11.9. The largest absolute Gasteiger partial charge is 0.364 e. The van der Waals surface area contributed by atoms with Crippen LogP contribution >= 0.6 is 0 Å². The molecule has 2 nitrogen and oxygen atoms in total. The summed E-state index contributed by atoms with van der Waals surface area (Å²) >= 11 is 0. The lowest BCUT2D eigenvalue weighted by Crippen LogP contribution is -2.72. The molecule has 0 aliphatic carbocycles. The molecular weight excluding hydrogens is 238 g/mol. The lowest BCUT2D eigenvalue weighted by molar-refractivity contribution is -0.147. The molecule has 0 saturated carbocycles. The Balaban J connectivity index is 3.01. The minimum Gasteiger partial charge on any atom is -0.364 e. The Hall–Kier alpha value is -1.19. The van der Waals surface area contributed by atoms with Gasteiger partial charge in [0.25, 0.3) is 0 Å². The Morgan fingerprint density at radius 3 is 2.11 bits per heavy atom. The average molecular weight is 261 g/mol. The third-order valence-corrected chi connectivity index (χ3v) is 9.88. The summed E-state index contributed by atoms with van der Waals surface area (Å²) in [4.78, 5) is 12.3. The molecule has 18 heavy (non-hydrogen) atoms. The third kappa shape index (κ3) is 2.20. The first-order valence-corrected chi connectivity index (χ1v) is 9.33. The van der Waals surface area contributed by atoms with E-state index >= 15 is 0 Å². The van der Waals surface area contributed by atoms with E-state index in [2.05, 4.69) is 50.3 Å². The summed E-state index contributed by atoms with van der Waals surface area (Å²) in [6.45, 7) is 11.1. The molecule has 0 radical (unpaired) electrons. The van der Waals surface area contributed by atoms with Crippen LogP contribution in [-0.2, 0) is 4.79 Å².